The highest BCUT2D eigenvalue weighted by atomic mass is 16.7. The Hall–Kier alpha value is -2.42. The smallest absolute Gasteiger partial charge is 0.347 e. The summed E-state index contributed by atoms with van der Waals surface area (Å²) >= 11 is 0. The van der Waals surface area contributed by atoms with Crippen LogP contribution in [-0.2, 0) is 11.2 Å². The molecular formula is C17H14O8. The highest BCUT2D eigenvalue weighted by Gasteiger charge is 2.52. The van der Waals surface area contributed by atoms with E-state index in [1.54, 1.807) is 6.07 Å². The number of hydrogen-bond donors (Lipinski definition) is 2. The Morgan fingerprint density at radius 3 is 2.80 bits per heavy atom. The van der Waals surface area contributed by atoms with Gasteiger partial charge in [0.2, 0.25) is 6.29 Å². The molecule has 130 valence electrons. The van der Waals surface area contributed by atoms with Crippen LogP contribution >= 0.6 is 0 Å². The Morgan fingerprint density at radius 1 is 1.24 bits per heavy atom. The van der Waals surface area contributed by atoms with Crippen molar-refractivity contribution in [3.8, 4) is 11.5 Å². The van der Waals surface area contributed by atoms with Crippen LogP contribution in [0.15, 0.2) is 15.3 Å². The van der Waals surface area contributed by atoms with Gasteiger partial charge >= 0.3 is 5.63 Å². The maximum Gasteiger partial charge on any atom is 0.347 e. The molecule has 1 saturated heterocycles. The van der Waals surface area contributed by atoms with Crippen LogP contribution in [0.25, 0.3) is 11.0 Å². The largest absolute Gasteiger partial charge is 0.496 e. The summed E-state index contributed by atoms with van der Waals surface area (Å²) in [6.45, 7) is 0. The van der Waals surface area contributed by atoms with Crippen LogP contribution in [0.3, 0.4) is 0 Å². The van der Waals surface area contributed by atoms with E-state index in [0.29, 0.717) is 34.4 Å². The van der Waals surface area contributed by atoms with Crippen molar-refractivity contribution < 1.29 is 33.6 Å². The third-order valence-corrected chi connectivity index (χ3v) is 5.15. The predicted octanol–water partition coefficient (Wildman–Crippen LogP) is 0.442. The minimum Gasteiger partial charge on any atom is -0.496 e. The molecule has 1 aliphatic carbocycles. The number of ketones is 1. The number of aliphatic hydroxyl groups excluding tert-OH is 2. The number of ether oxygens (including phenoxy) is 3. The van der Waals surface area contributed by atoms with Crippen LogP contribution in [0, 0.1) is 0 Å². The number of carbonyl (C=O) groups excluding carboxylic acids is 1. The topological polar surface area (TPSA) is 115 Å². The molecule has 0 radical (unpaired) electrons. The van der Waals surface area contributed by atoms with E-state index in [1.165, 1.54) is 7.11 Å². The van der Waals surface area contributed by atoms with Gasteiger partial charge in [-0.15, -0.1) is 0 Å². The van der Waals surface area contributed by atoms with E-state index < -0.39 is 30.2 Å². The third kappa shape index (κ3) is 1.76. The number of benzene rings is 1. The molecule has 4 atom stereocenters. The lowest BCUT2D eigenvalue weighted by molar-refractivity contribution is -0.165. The molecule has 0 unspecified atom stereocenters. The second-order valence-corrected chi connectivity index (χ2v) is 6.39. The van der Waals surface area contributed by atoms with Gasteiger partial charge in [-0.25, -0.2) is 4.79 Å². The second kappa shape index (κ2) is 4.81. The van der Waals surface area contributed by atoms with E-state index in [2.05, 4.69) is 0 Å². The fourth-order valence-electron chi connectivity index (χ4n) is 4.05. The van der Waals surface area contributed by atoms with Gasteiger partial charge in [0.1, 0.15) is 28.7 Å². The Morgan fingerprint density at radius 2 is 2.04 bits per heavy atom. The molecule has 3 aliphatic rings. The minimum atomic E-state index is -1.39. The molecule has 0 amide bonds. The van der Waals surface area contributed by atoms with Gasteiger partial charge in [-0.3, -0.25) is 4.79 Å². The van der Waals surface area contributed by atoms with Gasteiger partial charge in [0.05, 0.1) is 24.0 Å². The molecule has 2 aromatic rings. The predicted molar refractivity (Wildman–Crippen MR) is 81.9 cm³/mol. The van der Waals surface area contributed by atoms with Gasteiger partial charge < -0.3 is 28.8 Å². The standard InChI is InChI=1S/C17H14O8/c1-22-7-4-8-11(12-13(19)16(21)25-17(12)23-8)14-10(7)5-2-3-6(18)9(5)15(20)24-14/h4,12-13,16-17,19,21H,2-3H2,1H3/t12-,13-,16-,17-/m1/s1. The van der Waals surface area contributed by atoms with E-state index in [-0.39, 0.29) is 23.4 Å². The van der Waals surface area contributed by atoms with Gasteiger partial charge in [-0.2, -0.15) is 0 Å². The van der Waals surface area contributed by atoms with E-state index in [1.807, 2.05) is 0 Å². The summed E-state index contributed by atoms with van der Waals surface area (Å²) in [4.78, 5) is 24.4. The molecular weight excluding hydrogens is 332 g/mol. The summed E-state index contributed by atoms with van der Waals surface area (Å²) in [5, 5.41) is 20.5. The molecule has 5 rings (SSSR count). The van der Waals surface area contributed by atoms with Crippen LogP contribution in [-0.4, -0.2) is 41.8 Å². The highest BCUT2D eigenvalue weighted by molar-refractivity contribution is 6.06. The first-order valence-electron chi connectivity index (χ1n) is 7.93. The zero-order valence-corrected chi connectivity index (χ0v) is 13.1. The molecule has 1 fully saturated rings. The minimum absolute atomic E-state index is 0.0597. The number of aliphatic hydroxyl groups is 2. The summed E-state index contributed by atoms with van der Waals surface area (Å²) in [5.41, 5.74) is 0.594. The molecule has 8 heteroatoms. The third-order valence-electron chi connectivity index (χ3n) is 5.15. The highest BCUT2D eigenvalue weighted by Crippen LogP contribution is 2.52. The Balaban J connectivity index is 1.88. The van der Waals surface area contributed by atoms with Gasteiger partial charge in [0, 0.05) is 12.5 Å². The Kier molecular flexibility index (Phi) is 2.87. The van der Waals surface area contributed by atoms with Crippen molar-refractivity contribution >= 4 is 16.8 Å². The van der Waals surface area contributed by atoms with Gasteiger partial charge in [-0.05, 0) is 12.0 Å². The maximum atomic E-state index is 12.4. The molecule has 0 bridgehead atoms. The maximum absolute atomic E-state index is 12.4. The zero-order chi connectivity index (χ0) is 17.5. The van der Waals surface area contributed by atoms with E-state index in [9.17, 15) is 19.8 Å². The average molecular weight is 346 g/mol. The molecule has 2 aliphatic heterocycles. The zero-order valence-electron chi connectivity index (χ0n) is 13.1. The quantitative estimate of drug-likeness (QED) is 0.715. The van der Waals surface area contributed by atoms with Crippen molar-refractivity contribution in [3.05, 3.63) is 33.2 Å². The normalized spacial score (nSPS) is 29.5. The number of Topliss-reactive ketones (excluding diaryl/α,β-unsaturated/α-hetero) is 1. The second-order valence-electron chi connectivity index (χ2n) is 6.39. The summed E-state index contributed by atoms with van der Waals surface area (Å²) in [7, 11) is 1.47. The van der Waals surface area contributed by atoms with Crippen molar-refractivity contribution in [2.45, 2.75) is 37.4 Å². The van der Waals surface area contributed by atoms with Crippen molar-refractivity contribution in [2.75, 3.05) is 7.11 Å². The van der Waals surface area contributed by atoms with Crippen LogP contribution < -0.4 is 15.1 Å². The molecule has 25 heavy (non-hydrogen) atoms. The molecule has 2 N–H and O–H groups in total. The van der Waals surface area contributed by atoms with Crippen LogP contribution in [0.1, 0.15) is 33.8 Å². The Bertz CT molecular complexity index is 991. The van der Waals surface area contributed by atoms with Crippen molar-refractivity contribution in [1.82, 2.24) is 0 Å². The monoisotopic (exact) mass is 346 g/mol. The van der Waals surface area contributed by atoms with Crippen molar-refractivity contribution in [1.29, 1.82) is 0 Å². The number of aryl methyl sites for hydroxylation is 1. The lowest BCUT2D eigenvalue weighted by atomic mass is 9.92. The summed E-state index contributed by atoms with van der Waals surface area (Å²) in [5.74, 6) is -0.171. The lowest BCUT2D eigenvalue weighted by Crippen LogP contribution is -2.24. The lowest BCUT2D eigenvalue weighted by Gasteiger charge is -2.16. The van der Waals surface area contributed by atoms with Crippen LogP contribution in [0.4, 0.5) is 0 Å². The first-order chi connectivity index (χ1) is 12.0. The number of fused-ring (bicyclic) bond motifs is 7. The van der Waals surface area contributed by atoms with E-state index >= 15 is 0 Å². The van der Waals surface area contributed by atoms with Crippen LogP contribution in [0.5, 0.6) is 11.5 Å². The molecule has 3 heterocycles. The van der Waals surface area contributed by atoms with Gasteiger partial charge in [-0.1, -0.05) is 0 Å². The van der Waals surface area contributed by atoms with Crippen molar-refractivity contribution in [2.24, 2.45) is 0 Å². The first-order valence-corrected chi connectivity index (χ1v) is 7.93. The first kappa shape index (κ1) is 14.9. The Labute approximate surface area is 140 Å². The van der Waals surface area contributed by atoms with Gasteiger partial charge in [0.25, 0.3) is 0 Å². The number of methoxy groups -OCH3 is 1. The number of carbonyl (C=O) groups is 1. The van der Waals surface area contributed by atoms with Crippen molar-refractivity contribution in [3.63, 3.8) is 0 Å². The summed E-state index contributed by atoms with van der Waals surface area (Å²) < 4.78 is 21.7. The molecule has 1 aromatic heterocycles. The summed E-state index contributed by atoms with van der Waals surface area (Å²) in [6.07, 6.45) is -2.82. The average Bonchev–Trinajstić information content (AvgIpc) is 3.21. The molecule has 1 aromatic carbocycles. The molecule has 0 saturated carbocycles. The SMILES string of the molecule is COc1cc2c(c3oc(=O)c4c(c13)CCC4=O)[C@H]1[C@H](O2)O[C@@H](O)[C@@H]1O. The molecule has 8 nitrogen and oxygen atoms in total. The number of hydrogen-bond acceptors (Lipinski definition) is 8. The van der Waals surface area contributed by atoms with Crippen LogP contribution in [0.2, 0.25) is 0 Å². The summed E-state index contributed by atoms with van der Waals surface area (Å²) in [6, 6.07) is 1.63. The number of rotatable bonds is 1. The fourth-order valence-corrected chi connectivity index (χ4v) is 4.05. The molecule has 0 spiro atoms. The van der Waals surface area contributed by atoms with E-state index in [0.717, 1.165) is 0 Å². The van der Waals surface area contributed by atoms with Gasteiger partial charge in [0.15, 0.2) is 12.1 Å². The van der Waals surface area contributed by atoms with E-state index in [4.69, 9.17) is 18.6 Å². The fraction of sp³-hybridized carbons (Fsp3) is 0.412.